The molecule has 0 amide bonds. The van der Waals surface area contributed by atoms with Gasteiger partial charge in [0, 0.05) is 36.6 Å². The number of aliphatic hydroxyl groups is 1. The van der Waals surface area contributed by atoms with Gasteiger partial charge in [-0.1, -0.05) is 15.9 Å². The lowest BCUT2D eigenvalue weighted by atomic mass is 10.0. The van der Waals surface area contributed by atoms with Crippen LogP contribution in [0.3, 0.4) is 0 Å². The van der Waals surface area contributed by atoms with Gasteiger partial charge in [-0.25, -0.2) is 8.42 Å². The smallest absolute Gasteiger partial charge is 0.179 e. The van der Waals surface area contributed by atoms with E-state index in [1.54, 1.807) is 24.3 Å². The van der Waals surface area contributed by atoms with Crippen LogP contribution in [0.5, 0.6) is 0 Å². The molecule has 0 saturated carbocycles. The van der Waals surface area contributed by atoms with Crippen molar-refractivity contribution in [2.45, 2.75) is 4.90 Å². The van der Waals surface area contributed by atoms with Crippen LogP contribution in [0, 0.1) is 5.92 Å². The van der Waals surface area contributed by atoms with Crippen molar-refractivity contribution in [1.82, 2.24) is 4.90 Å². The average molecular weight is 334 g/mol. The van der Waals surface area contributed by atoms with Crippen molar-refractivity contribution >= 4 is 25.8 Å². The second kappa shape index (κ2) is 5.69. The Morgan fingerprint density at radius 3 is 2.44 bits per heavy atom. The molecule has 1 aliphatic heterocycles. The number of hydrogen-bond donors (Lipinski definition) is 1. The van der Waals surface area contributed by atoms with Gasteiger partial charge in [0.05, 0.1) is 10.6 Å². The van der Waals surface area contributed by atoms with Crippen molar-refractivity contribution in [2.75, 3.05) is 32.0 Å². The van der Waals surface area contributed by atoms with E-state index < -0.39 is 9.84 Å². The summed E-state index contributed by atoms with van der Waals surface area (Å²) in [7, 11) is -3.20. The normalized spacial score (nSPS) is 17.7. The summed E-state index contributed by atoms with van der Waals surface area (Å²) in [6.07, 6.45) is 0. The zero-order valence-electron chi connectivity index (χ0n) is 9.92. The van der Waals surface area contributed by atoms with Crippen molar-refractivity contribution in [1.29, 1.82) is 0 Å². The predicted molar refractivity (Wildman–Crippen MR) is 73.2 cm³/mol. The maximum atomic E-state index is 12.0. The second-order valence-corrected chi connectivity index (χ2v) is 7.61. The minimum absolute atomic E-state index is 0.132. The number of benzene rings is 1. The summed E-state index contributed by atoms with van der Waals surface area (Å²) in [6, 6.07) is 6.70. The van der Waals surface area contributed by atoms with Crippen LogP contribution in [-0.2, 0) is 9.84 Å². The molecule has 6 heteroatoms. The molecule has 1 aromatic rings. The highest BCUT2D eigenvalue weighted by Gasteiger charge is 2.27. The third-order valence-corrected chi connectivity index (χ3v) is 5.38. The van der Waals surface area contributed by atoms with Crippen LogP contribution in [0.15, 0.2) is 33.6 Å². The van der Waals surface area contributed by atoms with E-state index in [-0.39, 0.29) is 12.4 Å². The van der Waals surface area contributed by atoms with Crippen molar-refractivity contribution in [3.05, 3.63) is 28.7 Å². The first kappa shape index (κ1) is 14.0. The summed E-state index contributed by atoms with van der Waals surface area (Å²) in [6.45, 7) is 2.32. The van der Waals surface area contributed by atoms with E-state index in [4.69, 9.17) is 5.11 Å². The first-order valence-corrected chi connectivity index (χ1v) is 8.27. The highest BCUT2D eigenvalue weighted by atomic mass is 79.9. The standard InChI is InChI=1S/C12H16BrNO3S/c13-11-1-3-12(4-2-11)18(16,17)6-5-14-7-10(8-14)9-15/h1-4,10,15H,5-9H2. The summed E-state index contributed by atoms with van der Waals surface area (Å²) in [5.74, 6) is 0.452. The minimum Gasteiger partial charge on any atom is -0.396 e. The van der Waals surface area contributed by atoms with E-state index >= 15 is 0 Å². The van der Waals surface area contributed by atoms with Crippen LogP contribution in [0.4, 0.5) is 0 Å². The van der Waals surface area contributed by atoms with Crippen LogP contribution in [0.1, 0.15) is 0 Å². The van der Waals surface area contributed by atoms with E-state index in [9.17, 15) is 8.42 Å². The molecule has 0 radical (unpaired) electrons. The van der Waals surface area contributed by atoms with Crippen LogP contribution in [0.2, 0.25) is 0 Å². The Bertz CT molecular complexity index is 495. The molecule has 1 saturated heterocycles. The Balaban J connectivity index is 1.90. The maximum absolute atomic E-state index is 12.0. The van der Waals surface area contributed by atoms with Gasteiger partial charge < -0.3 is 10.0 Å². The van der Waals surface area contributed by atoms with Crippen LogP contribution < -0.4 is 0 Å². The fourth-order valence-electron chi connectivity index (χ4n) is 1.98. The quantitative estimate of drug-likeness (QED) is 0.878. The lowest BCUT2D eigenvalue weighted by Crippen LogP contribution is -2.49. The second-order valence-electron chi connectivity index (χ2n) is 4.58. The molecule has 1 N–H and O–H groups in total. The number of rotatable bonds is 5. The molecule has 1 heterocycles. The van der Waals surface area contributed by atoms with Gasteiger partial charge in [0.15, 0.2) is 9.84 Å². The third kappa shape index (κ3) is 3.32. The first-order valence-electron chi connectivity index (χ1n) is 5.83. The topological polar surface area (TPSA) is 57.6 Å². The molecule has 1 fully saturated rings. The Hall–Kier alpha value is -0.430. The molecule has 0 unspecified atom stereocenters. The highest BCUT2D eigenvalue weighted by molar-refractivity contribution is 9.10. The summed E-state index contributed by atoms with van der Waals surface area (Å²) in [5.41, 5.74) is 0. The molecule has 0 aromatic heterocycles. The molecule has 0 atom stereocenters. The summed E-state index contributed by atoms with van der Waals surface area (Å²) >= 11 is 3.28. The summed E-state index contributed by atoms with van der Waals surface area (Å²) in [4.78, 5) is 2.42. The zero-order chi connectivity index (χ0) is 13.2. The number of sulfone groups is 1. The molecule has 1 aliphatic rings. The molecule has 100 valence electrons. The molecule has 18 heavy (non-hydrogen) atoms. The molecule has 0 bridgehead atoms. The van der Waals surface area contributed by atoms with Crippen LogP contribution >= 0.6 is 15.9 Å². The molecule has 0 spiro atoms. The fourth-order valence-corrected chi connectivity index (χ4v) is 3.53. The number of aliphatic hydroxyl groups excluding tert-OH is 1. The van der Waals surface area contributed by atoms with Gasteiger partial charge in [-0.15, -0.1) is 0 Å². The Labute approximate surface area is 116 Å². The molecule has 0 aliphatic carbocycles. The van der Waals surface area contributed by atoms with Crippen LogP contribution in [-0.4, -0.2) is 50.4 Å². The van der Waals surface area contributed by atoms with E-state index in [2.05, 4.69) is 20.8 Å². The van der Waals surface area contributed by atoms with Crippen molar-refractivity contribution in [3.63, 3.8) is 0 Å². The lowest BCUT2D eigenvalue weighted by molar-refractivity contribution is 0.0592. The fraction of sp³-hybridized carbons (Fsp3) is 0.500. The monoisotopic (exact) mass is 333 g/mol. The van der Waals surface area contributed by atoms with Crippen molar-refractivity contribution in [2.24, 2.45) is 5.92 Å². The molecular weight excluding hydrogens is 318 g/mol. The van der Waals surface area contributed by atoms with E-state index in [1.165, 1.54) is 0 Å². The SMILES string of the molecule is O=S(=O)(CCN1CC(CO)C1)c1ccc(Br)cc1. The van der Waals surface area contributed by atoms with Gasteiger partial charge in [-0.2, -0.15) is 0 Å². The van der Waals surface area contributed by atoms with Gasteiger partial charge in [0.2, 0.25) is 0 Å². The van der Waals surface area contributed by atoms with Crippen molar-refractivity contribution < 1.29 is 13.5 Å². The Kier molecular flexibility index (Phi) is 4.42. The minimum atomic E-state index is -3.20. The highest BCUT2D eigenvalue weighted by Crippen LogP contribution is 2.18. The molecular formula is C12H16BrNO3S. The number of likely N-dealkylation sites (tertiary alicyclic amines) is 1. The van der Waals surface area contributed by atoms with Crippen LogP contribution in [0.25, 0.3) is 0 Å². The van der Waals surface area contributed by atoms with Gasteiger partial charge >= 0.3 is 0 Å². The average Bonchev–Trinajstić information content (AvgIpc) is 2.28. The molecule has 4 nitrogen and oxygen atoms in total. The maximum Gasteiger partial charge on any atom is 0.179 e. The van der Waals surface area contributed by atoms with Gasteiger partial charge in [-0.05, 0) is 24.3 Å². The lowest BCUT2D eigenvalue weighted by Gasteiger charge is -2.38. The van der Waals surface area contributed by atoms with E-state index in [0.29, 0.717) is 17.4 Å². The molecule has 1 aromatic carbocycles. The van der Waals surface area contributed by atoms with Gasteiger partial charge in [0.25, 0.3) is 0 Å². The predicted octanol–water partition coefficient (Wildman–Crippen LogP) is 1.15. The first-order chi connectivity index (χ1) is 8.51. The Morgan fingerprint density at radius 1 is 1.28 bits per heavy atom. The van der Waals surface area contributed by atoms with E-state index in [1.807, 2.05) is 0 Å². The van der Waals surface area contributed by atoms with Gasteiger partial charge in [-0.3, -0.25) is 0 Å². The number of halogens is 1. The van der Waals surface area contributed by atoms with E-state index in [0.717, 1.165) is 17.6 Å². The number of nitrogens with zero attached hydrogens (tertiary/aromatic N) is 1. The molecule has 2 rings (SSSR count). The third-order valence-electron chi connectivity index (χ3n) is 3.14. The number of hydrogen-bond acceptors (Lipinski definition) is 4. The summed E-state index contributed by atoms with van der Waals surface area (Å²) < 4.78 is 25.0. The zero-order valence-corrected chi connectivity index (χ0v) is 12.3. The van der Waals surface area contributed by atoms with Crippen molar-refractivity contribution in [3.8, 4) is 0 Å². The van der Waals surface area contributed by atoms with Gasteiger partial charge in [0.1, 0.15) is 0 Å². The largest absolute Gasteiger partial charge is 0.396 e. The Morgan fingerprint density at radius 2 is 1.89 bits per heavy atom. The summed E-state index contributed by atoms with van der Waals surface area (Å²) in [5, 5.41) is 8.89.